The first kappa shape index (κ1) is 15.8. The molecular weight excluding hydrogens is 368 g/mol. The van der Waals surface area contributed by atoms with Crippen LogP contribution in [0.15, 0.2) is 71.4 Å². The highest BCUT2D eigenvalue weighted by atomic mass is 32.1. The molecule has 0 bridgehead atoms. The summed E-state index contributed by atoms with van der Waals surface area (Å²) < 4.78 is 0. The third kappa shape index (κ3) is 3.68. The molecular formula is C20H14S4. The van der Waals surface area contributed by atoms with Gasteiger partial charge in [-0.3, -0.25) is 0 Å². The van der Waals surface area contributed by atoms with Crippen LogP contribution >= 0.6 is 45.3 Å². The zero-order valence-electron chi connectivity index (χ0n) is 12.7. The van der Waals surface area contributed by atoms with E-state index in [4.69, 9.17) is 0 Å². The molecule has 0 aliphatic carbocycles. The molecule has 0 aliphatic rings. The third-order valence-corrected chi connectivity index (χ3v) is 7.65. The Morgan fingerprint density at radius 1 is 0.542 bits per heavy atom. The van der Waals surface area contributed by atoms with Gasteiger partial charge in [-0.25, -0.2) is 0 Å². The Balaban J connectivity index is 1.41. The second kappa shape index (κ2) is 7.45. The minimum atomic E-state index is 1.29. The van der Waals surface area contributed by atoms with Gasteiger partial charge in [-0.2, -0.15) is 0 Å². The van der Waals surface area contributed by atoms with Crippen LogP contribution in [-0.2, 0) is 0 Å². The maximum absolute atomic E-state index is 2.20. The molecule has 4 rings (SSSR count). The number of thiophene rings is 4. The zero-order chi connectivity index (χ0) is 16.2. The van der Waals surface area contributed by atoms with Crippen LogP contribution < -0.4 is 0 Å². The van der Waals surface area contributed by atoms with Crippen molar-refractivity contribution in [1.29, 1.82) is 0 Å². The summed E-state index contributed by atoms with van der Waals surface area (Å²) in [5, 5.41) is 4.25. The van der Waals surface area contributed by atoms with Gasteiger partial charge in [0.1, 0.15) is 0 Å². The number of hydrogen-bond acceptors (Lipinski definition) is 4. The van der Waals surface area contributed by atoms with E-state index < -0.39 is 0 Å². The van der Waals surface area contributed by atoms with Crippen molar-refractivity contribution in [3.05, 3.63) is 81.2 Å². The summed E-state index contributed by atoms with van der Waals surface area (Å²) in [6.45, 7) is 0. The molecule has 0 amide bonds. The summed E-state index contributed by atoms with van der Waals surface area (Å²) in [5.41, 5.74) is 0. The van der Waals surface area contributed by atoms with Crippen LogP contribution in [0.1, 0.15) is 9.75 Å². The van der Waals surface area contributed by atoms with E-state index in [2.05, 4.69) is 83.6 Å². The number of hydrogen-bond donors (Lipinski definition) is 0. The highest BCUT2D eigenvalue weighted by Crippen LogP contribution is 2.33. The molecule has 4 heteroatoms. The molecule has 118 valence electrons. The van der Waals surface area contributed by atoms with Gasteiger partial charge in [0, 0.05) is 29.3 Å². The standard InChI is InChI=1S/C20H14S4/c1(5-15-9-11-19(23-15)17-7-3-13-21-17)2-6-16-10-12-20(24-16)18-8-4-14-22-18/h1-14H/b5-1+,6-2+. The summed E-state index contributed by atoms with van der Waals surface area (Å²) in [6, 6.07) is 17.3. The molecule has 4 aromatic heterocycles. The molecule has 0 spiro atoms. The van der Waals surface area contributed by atoms with E-state index in [0.29, 0.717) is 0 Å². The molecule has 0 atom stereocenters. The van der Waals surface area contributed by atoms with Crippen molar-refractivity contribution in [3.8, 4) is 19.5 Å². The predicted octanol–water partition coefficient (Wildman–Crippen LogP) is 7.99. The van der Waals surface area contributed by atoms with Crippen LogP contribution in [0.25, 0.3) is 31.7 Å². The van der Waals surface area contributed by atoms with Gasteiger partial charge in [-0.15, -0.1) is 45.3 Å². The van der Waals surface area contributed by atoms with E-state index in [1.54, 1.807) is 22.7 Å². The maximum Gasteiger partial charge on any atom is 0.0448 e. The molecule has 0 aliphatic heterocycles. The van der Waals surface area contributed by atoms with E-state index in [0.717, 1.165) is 0 Å². The van der Waals surface area contributed by atoms with E-state index in [1.165, 1.54) is 29.3 Å². The van der Waals surface area contributed by atoms with Gasteiger partial charge >= 0.3 is 0 Å². The molecule has 24 heavy (non-hydrogen) atoms. The van der Waals surface area contributed by atoms with Crippen molar-refractivity contribution in [3.63, 3.8) is 0 Å². The second-order valence-corrected chi connectivity index (χ2v) is 9.20. The first-order valence-corrected chi connectivity index (χ1v) is 10.9. The fourth-order valence-corrected chi connectivity index (χ4v) is 5.80. The highest BCUT2D eigenvalue weighted by molar-refractivity contribution is 7.22. The summed E-state index contributed by atoms with van der Waals surface area (Å²) in [7, 11) is 0. The number of rotatable bonds is 5. The highest BCUT2D eigenvalue weighted by Gasteiger charge is 2.02. The minimum absolute atomic E-state index is 1.29. The molecule has 0 saturated carbocycles. The fourth-order valence-electron chi connectivity index (χ4n) is 2.29. The fraction of sp³-hybridized carbons (Fsp3) is 0. The topological polar surface area (TPSA) is 0 Å². The van der Waals surface area contributed by atoms with E-state index >= 15 is 0 Å². The van der Waals surface area contributed by atoms with Gasteiger partial charge in [0.2, 0.25) is 0 Å². The van der Waals surface area contributed by atoms with Crippen molar-refractivity contribution in [1.82, 2.24) is 0 Å². The Hall–Kier alpha value is -1.72. The quantitative estimate of drug-likeness (QED) is 0.307. The van der Waals surface area contributed by atoms with Gasteiger partial charge in [0.15, 0.2) is 0 Å². The van der Waals surface area contributed by atoms with Gasteiger partial charge in [-0.05, 0) is 59.3 Å². The smallest absolute Gasteiger partial charge is 0.0448 e. The summed E-state index contributed by atoms with van der Waals surface area (Å²) in [4.78, 5) is 7.94. The minimum Gasteiger partial charge on any atom is -0.143 e. The van der Waals surface area contributed by atoms with Gasteiger partial charge in [-0.1, -0.05) is 24.3 Å². The van der Waals surface area contributed by atoms with Crippen molar-refractivity contribution in [2.24, 2.45) is 0 Å². The van der Waals surface area contributed by atoms with Crippen molar-refractivity contribution in [2.45, 2.75) is 0 Å². The first-order chi connectivity index (χ1) is 11.9. The van der Waals surface area contributed by atoms with Crippen LogP contribution in [0, 0.1) is 0 Å². The summed E-state index contributed by atoms with van der Waals surface area (Å²) in [5.74, 6) is 0. The Morgan fingerprint density at radius 2 is 1.04 bits per heavy atom. The van der Waals surface area contributed by atoms with Crippen LogP contribution in [0.2, 0.25) is 0 Å². The Morgan fingerprint density at radius 3 is 1.46 bits per heavy atom. The SMILES string of the molecule is C(/C=C/c1ccc(-c2cccs2)s1)=C\c1ccc(-c2cccs2)s1. The van der Waals surface area contributed by atoms with Crippen molar-refractivity contribution < 1.29 is 0 Å². The molecule has 0 N–H and O–H groups in total. The third-order valence-electron chi connectivity index (χ3n) is 3.41. The molecule has 0 aromatic carbocycles. The van der Waals surface area contributed by atoms with Gasteiger partial charge in [0.25, 0.3) is 0 Å². The zero-order valence-corrected chi connectivity index (χ0v) is 16.0. The van der Waals surface area contributed by atoms with Crippen LogP contribution in [0.4, 0.5) is 0 Å². The molecule has 4 heterocycles. The Bertz CT molecular complexity index is 867. The van der Waals surface area contributed by atoms with Crippen molar-refractivity contribution >= 4 is 57.5 Å². The summed E-state index contributed by atoms with van der Waals surface area (Å²) >= 11 is 7.25. The average Bonchev–Trinajstić information content (AvgIpc) is 3.40. The lowest BCUT2D eigenvalue weighted by atomic mass is 10.3. The Kier molecular flexibility index (Phi) is 4.90. The normalized spacial score (nSPS) is 11.8. The Labute approximate surface area is 157 Å². The average molecular weight is 383 g/mol. The van der Waals surface area contributed by atoms with Crippen molar-refractivity contribution in [2.75, 3.05) is 0 Å². The van der Waals surface area contributed by atoms with Gasteiger partial charge in [0.05, 0.1) is 0 Å². The van der Waals surface area contributed by atoms with Crippen LogP contribution in [0.3, 0.4) is 0 Å². The molecule has 0 radical (unpaired) electrons. The lowest BCUT2D eigenvalue weighted by Gasteiger charge is -1.88. The lowest BCUT2D eigenvalue weighted by Crippen LogP contribution is -1.58. The molecule has 4 aromatic rings. The van der Waals surface area contributed by atoms with E-state index in [-0.39, 0.29) is 0 Å². The van der Waals surface area contributed by atoms with E-state index in [1.807, 2.05) is 22.7 Å². The van der Waals surface area contributed by atoms with E-state index in [9.17, 15) is 0 Å². The molecule has 0 nitrogen and oxygen atoms in total. The van der Waals surface area contributed by atoms with Crippen LogP contribution in [0.5, 0.6) is 0 Å². The van der Waals surface area contributed by atoms with Crippen LogP contribution in [-0.4, -0.2) is 0 Å². The van der Waals surface area contributed by atoms with Gasteiger partial charge < -0.3 is 0 Å². The first-order valence-electron chi connectivity index (χ1n) is 7.51. The maximum atomic E-state index is 2.20. The monoisotopic (exact) mass is 382 g/mol. The summed E-state index contributed by atoms with van der Waals surface area (Å²) in [6.07, 6.45) is 8.58. The largest absolute Gasteiger partial charge is 0.143 e. The number of allylic oxidation sites excluding steroid dienone is 2. The predicted molar refractivity (Wildman–Crippen MR) is 113 cm³/mol. The second-order valence-electron chi connectivity index (χ2n) is 5.08. The molecule has 0 fully saturated rings. The molecule has 0 saturated heterocycles. The lowest BCUT2D eigenvalue weighted by molar-refractivity contribution is 1.90. The molecule has 0 unspecified atom stereocenters.